The number of carbonyl (C=O) groups is 4. The van der Waals surface area contributed by atoms with E-state index in [2.05, 4.69) is 21.3 Å². The highest BCUT2D eigenvalue weighted by Crippen LogP contribution is 2.42. The lowest BCUT2D eigenvalue weighted by molar-refractivity contribution is -0.400. The first-order valence-corrected chi connectivity index (χ1v) is 42.6. The van der Waals surface area contributed by atoms with Crippen molar-refractivity contribution in [1.82, 2.24) is 21.3 Å². The van der Waals surface area contributed by atoms with E-state index >= 15 is 0 Å². The molecule has 0 aromatic heterocycles. The molecule has 0 bridgehead atoms. The standard InChI is InChI=1S/C74H126N4O56/c1-17(90)75-21(5-79)36(95)56(22(94)6-80)126-65-33(76-18(2)91)44(103)59(29(13-87)122-65)129-72-55(114)62(132-74-64(50(109)40(99)26(10-84)121-74)134-67-35(78-20(4)93)46(105)58(31(15-89)124-67)128-71-54(113)61(42(101)28(12-86)119-71)131-69-52(111)48(107)38(97)24(8-82)117-69)43(102)32(125-72)16-115-73-63(49(108)39(98)25(9-83)120-73)133-66-34(77-19(3)92)45(104)57(30(14-88)123-66)127-70-53(112)60(41(100)27(11-85)118-70)130-68-51(110)47(106)37(96)23(7-81)116-68/h21-74,79-89,94-114H,5-16H2,1-4H3,(H,75,90)(H,76,91)(H,77,92)(H,78,93)/t21-,22+,23+,24+,25+,26+,27+,28+,29+,30+,31+,32+,33+,34+,35+,36+,37-,38-,39+,40+,41-,42-,43+,44+,45+,46+,47-,48-,49-,50-,51+,52+,53+,54+,55-,56+,57+,58+,59+,60-,61-,62-,63-,64-,65-,66-,67-,68+,69+,70-,71-,72-,73-,74+/m0/s1. The van der Waals surface area contributed by atoms with Crippen LogP contribution in [0.2, 0.25) is 0 Å². The summed E-state index contributed by atoms with van der Waals surface area (Å²) in [6.45, 7) is -10.3. The van der Waals surface area contributed by atoms with Crippen molar-refractivity contribution < 1.29 is 277 Å². The van der Waals surface area contributed by atoms with Gasteiger partial charge in [-0.1, -0.05) is 0 Å². The van der Waals surface area contributed by atoms with Crippen molar-refractivity contribution in [3.8, 4) is 0 Å². The summed E-state index contributed by atoms with van der Waals surface area (Å²) < 4.78 is 118. The Balaban J connectivity index is 0.969. The summed E-state index contributed by atoms with van der Waals surface area (Å²) in [5, 5.41) is 366. The average Bonchev–Trinajstić information content (AvgIpc) is 0.770. The van der Waals surface area contributed by atoms with Crippen LogP contribution in [0, 0.1) is 0 Å². The normalized spacial score (nSPS) is 47.3. The largest absolute Gasteiger partial charge is 0.394 e. The molecule has 60 nitrogen and oxygen atoms in total. The van der Waals surface area contributed by atoms with E-state index in [4.69, 9.17) is 94.7 Å². The molecule has 36 N–H and O–H groups in total. The summed E-state index contributed by atoms with van der Waals surface area (Å²) in [6.07, 6.45) is -109. The zero-order chi connectivity index (χ0) is 98.9. The molecule has 0 saturated carbocycles. The summed E-state index contributed by atoms with van der Waals surface area (Å²) in [7, 11) is 0. The number of nitrogens with one attached hydrogen (secondary N) is 4. The van der Waals surface area contributed by atoms with Gasteiger partial charge in [0, 0.05) is 27.7 Å². The molecule has 60 heteroatoms. The molecular weight excluding hydrogens is 1840 g/mol. The van der Waals surface area contributed by atoms with Crippen molar-refractivity contribution in [2.24, 2.45) is 0 Å². The fraction of sp³-hybridized carbons (Fsp3) is 0.946. The minimum Gasteiger partial charge on any atom is -0.394 e. The van der Waals surface area contributed by atoms with Crippen molar-refractivity contribution in [3.05, 3.63) is 0 Å². The topological polar surface area (TPSA) is 948 Å². The fourth-order valence-corrected chi connectivity index (χ4v) is 17.0. The molecule has 10 aliphatic rings. The summed E-state index contributed by atoms with van der Waals surface area (Å²) in [6, 6.07) is -7.87. The van der Waals surface area contributed by atoms with Gasteiger partial charge in [-0.2, -0.15) is 0 Å². The Bertz CT molecular complexity index is 3590. The molecular formula is C74H126N4O56. The Labute approximate surface area is 758 Å². The van der Waals surface area contributed by atoms with E-state index in [1.807, 2.05) is 0 Å². The molecule has 134 heavy (non-hydrogen) atoms. The first kappa shape index (κ1) is 112. The number of aliphatic hydroxyl groups is 32. The van der Waals surface area contributed by atoms with Crippen LogP contribution < -0.4 is 21.3 Å². The first-order valence-electron chi connectivity index (χ1n) is 42.6. The number of amides is 4. The van der Waals surface area contributed by atoms with Crippen LogP contribution >= 0.6 is 0 Å². The molecule has 0 aromatic carbocycles. The van der Waals surface area contributed by atoms with Crippen LogP contribution in [0.15, 0.2) is 0 Å². The Morgan fingerprint density at radius 2 is 0.515 bits per heavy atom. The lowest BCUT2D eigenvalue weighted by Crippen LogP contribution is -2.70. The van der Waals surface area contributed by atoms with Gasteiger partial charge in [-0.05, 0) is 0 Å². The number of hydrogen-bond acceptors (Lipinski definition) is 56. The number of aliphatic hydroxyl groups excluding tert-OH is 32. The molecule has 10 heterocycles. The summed E-state index contributed by atoms with van der Waals surface area (Å²) >= 11 is 0. The monoisotopic (exact) mass is 1970 g/mol. The molecule has 10 aliphatic heterocycles. The van der Waals surface area contributed by atoms with Gasteiger partial charge in [-0.25, -0.2) is 0 Å². The van der Waals surface area contributed by atoms with Gasteiger partial charge >= 0.3 is 0 Å². The van der Waals surface area contributed by atoms with Crippen LogP contribution in [0.5, 0.6) is 0 Å². The number of rotatable bonds is 39. The predicted octanol–water partition coefficient (Wildman–Crippen LogP) is -24.8. The highest BCUT2D eigenvalue weighted by Gasteiger charge is 2.63. The number of ether oxygens (including phenoxy) is 20. The number of hydrogen-bond donors (Lipinski definition) is 36. The van der Waals surface area contributed by atoms with E-state index < -0.39 is 434 Å². The van der Waals surface area contributed by atoms with Crippen molar-refractivity contribution >= 4 is 23.6 Å². The highest BCUT2D eigenvalue weighted by atomic mass is 16.8. The lowest BCUT2D eigenvalue weighted by atomic mass is 9.94. The summed E-state index contributed by atoms with van der Waals surface area (Å²) in [5.74, 6) is -3.92. The molecule has 0 aliphatic carbocycles. The fourth-order valence-electron chi connectivity index (χ4n) is 17.0. The molecule has 0 radical (unpaired) electrons. The molecule has 778 valence electrons. The predicted molar refractivity (Wildman–Crippen MR) is 411 cm³/mol. The van der Waals surface area contributed by atoms with E-state index in [9.17, 15) is 183 Å². The van der Waals surface area contributed by atoms with Gasteiger partial charge < -0.3 is 279 Å². The minimum atomic E-state index is -2.68. The maximum Gasteiger partial charge on any atom is 0.217 e. The Morgan fingerprint density at radius 3 is 0.843 bits per heavy atom. The maximum atomic E-state index is 13.2. The van der Waals surface area contributed by atoms with E-state index in [0.29, 0.717) is 0 Å². The van der Waals surface area contributed by atoms with E-state index in [1.165, 1.54) is 0 Å². The second kappa shape index (κ2) is 49.7. The van der Waals surface area contributed by atoms with Crippen LogP contribution in [0.3, 0.4) is 0 Å². The third-order valence-corrected chi connectivity index (χ3v) is 24.2. The third-order valence-electron chi connectivity index (χ3n) is 24.2. The molecule has 0 spiro atoms. The molecule has 0 aromatic rings. The van der Waals surface area contributed by atoms with Gasteiger partial charge in [0.05, 0.1) is 85.3 Å². The highest BCUT2D eigenvalue weighted by molar-refractivity contribution is 5.74. The second-order valence-corrected chi connectivity index (χ2v) is 33.5. The van der Waals surface area contributed by atoms with Crippen LogP contribution in [0.25, 0.3) is 0 Å². The van der Waals surface area contributed by atoms with Crippen LogP contribution in [-0.4, -0.2) is 598 Å². The van der Waals surface area contributed by atoms with Gasteiger partial charge in [0.15, 0.2) is 62.9 Å². The zero-order valence-electron chi connectivity index (χ0n) is 71.8. The van der Waals surface area contributed by atoms with Crippen LogP contribution in [-0.2, 0) is 114 Å². The smallest absolute Gasteiger partial charge is 0.217 e. The van der Waals surface area contributed by atoms with Crippen molar-refractivity contribution in [1.29, 1.82) is 0 Å². The van der Waals surface area contributed by atoms with Gasteiger partial charge in [-0.15, -0.1) is 0 Å². The number of carbonyl (C=O) groups excluding carboxylic acids is 4. The zero-order valence-corrected chi connectivity index (χ0v) is 71.8. The second-order valence-electron chi connectivity index (χ2n) is 33.5. The Morgan fingerprint density at radius 1 is 0.254 bits per heavy atom. The van der Waals surface area contributed by atoms with Gasteiger partial charge in [-0.3, -0.25) is 19.2 Å². The lowest BCUT2D eigenvalue weighted by Gasteiger charge is -2.51. The van der Waals surface area contributed by atoms with E-state index in [-0.39, 0.29) is 0 Å². The van der Waals surface area contributed by atoms with Crippen molar-refractivity contribution in [2.45, 2.75) is 359 Å². The quantitative estimate of drug-likeness (QED) is 0.0272. The Hall–Kier alpha value is -4.20. The van der Waals surface area contributed by atoms with E-state index in [1.54, 1.807) is 0 Å². The average molecular weight is 1970 g/mol. The SMILES string of the molecule is CC(=O)N[C@H]1[C@H](O[C@@H]([C@H](O)[C@H](CO)NC(C)=O)[C@H](O)CO)O[C@H](CO)[C@@H](O[C@@H]2O[C@H](CO[C@H]3O[C@H](CO)[C@@H](O)[C@H](O)[C@@H]3O[C@@H]3O[C@H](CO)[C@@H](O[C@@H]4O[C@H](CO)[C@H](O)[C@H](O[C@H]5O[C@H](CO)[C@H](O)[C@H](O)[C@H]5O)[C@H]4O)[C@H](O)[C@H]3NC(C)=O)[C@@H](O)[C@H](O[C@H]3O[C@H](CO)[C@@H](O)[C@H](O)[C@@H]3O[C@@H]3O[C@H](CO)[C@@H](O[C@@H]4O[C@H](CO)[C@H](O)[C@H](O[C@H]5O[C@H](CO)[C@H](O)[C@H](O)[C@H]5O)[C@H]4O)[C@H](O)[C@H]3NC(C)=O)[C@@H]2O)[C@@H]1O. The first-order chi connectivity index (χ1) is 63.4. The maximum absolute atomic E-state index is 13.2. The summed E-state index contributed by atoms with van der Waals surface area (Å²) in [5.41, 5.74) is 0. The molecule has 4 amide bonds. The Kier molecular flexibility index (Phi) is 41.4. The molecule has 10 fully saturated rings. The summed E-state index contributed by atoms with van der Waals surface area (Å²) in [4.78, 5) is 51.6. The van der Waals surface area contributed by atoms with Crippen LogP contribution in [0.4, 0.5) is 0 Å². The van der Waals surface area contributed by atoms with E-state index in [0.717, 1.165) is 27.7 Å². The van der Waals surface area contributed by atoms with Gasteiger partial charge in [0.1, 0.15) is 262 Å². The van der Waals surface area contributed by atoms with Crippen molar-refractivity contribution in [2.75, 3.05) is 79.3 Å². The van der Waals surface area contributed by atoms with Crippen molar-refractivity contribution in [3.63, 3.8) is 0 Å². The van der Waals surface area contributed by atoms with Gasteiger partial charge in [0.2, 0.25) is 23.6 Å². The molecule has 10 rings (SSSR count). The minimum absolute atomic E-state index is 0.841. The van der Waals surface area contributed by atoms with Crippen LogP contribution in [0.1, 0.15) is 27.7 Å². The van der Waals surface area contributed by atoms with Gasteiger partial charge in [0.25, 0.3) is 0 Å². The molecule has 0 unspecified atom stereocenters. The third kappa shape index (κ3) is 25.0. The molecule has 54 atom stereocenters. The molecule has 10 saturated heterocycles.